The fourth-order valence-electron chi connectivity index (χ4n) is 1.24. The van der Waals surface area contributed by atoms with E-state index in [0.29, 0.717) is 23.9 Å². The number of rotatable bonds is 7. The molecule has 0 saturated carbocycles. The molecule has 0 spiro atoms. The van der Waals surface area contributed by atoms with E-state index in [4.69, 9.17) is 9.84 Å². The lowest BCUT2D eigenvalue weighted by Gasteiger charge is -2.13. The van der Waals surface area contributed by atoms with Gasteiger partial charge >= 0.3 is 0 Å². The van der Waals surface area contributed by atoms with Gasteiger partial charge in [0.05, 0.1) is 13.7 Å². The molecule has 0 aromatic carbocycles. The minimum absolute atomic E-state index is 0.0465. The number of methoxy groups -OCH3 is 1. The summed E-state index contributed by atoms with van der Waals surface area (Å²) in [5.74, 6) is 1.83. The smallest absolute Gasteiger partial charge is 0.204 e. The summed E-state index contributed by atoms with van der Waals surface area (Å²) in [5.41, 5.74) is 0. The molecule has 0 aliphatic rings. The molecule has 90 valence electrons. The van der Waals surface area contributed by atoms with Crippen molar-refractivity contribution in [2.24, 2.45) is 0 Å². The molecule has 0 saturated heterocycles. The fraction of sp³-hybridized carbons (Fsp3) is 0.600. The van der Waals surface area contributed by atoms with Crippen molar-refractivity contribution < 1.29 is 9.84 Å². The van der Waals surface area contributed by atoms with Gasteiger partial charge in [0.15, 0.2) is 11.6 Å². The topological polar surface area (TPSA) is 79.3 Å². The van der Waals surface area contributed by atoms with Crippen LogP contribution < -0.4 is 15.4 Å². The molecule has 1 rings (SSSR count). The van der Waals surface area contributed by atoms with E-state index in [9.17, 15) is 0 Å². The van der Waals surface area contributed by atoms with Crippen LogP contribution in [0, 0.1) is 0 Å². The molecule has 1 aromatic rings. The average Bonchev–Trinajstić information content (AvgIpc) is 2.33. The van der Waals surface area contributed by atoms with Crippen LogP contribution in [0.3, 0.4) is 0 Å². The van der Waals surface area contributed by atoms with E-state index in [1.165, 1.54) is 6.33 Å². The predicted octanol–water partition coefficient (Wildman–Crippen LogP) is 0.711. The van der Waals surface area contributed by atoms with Crippen LogP contribution in [0.4, 0.5) is 11.6 Å². The van der Waals surface area contributed by atoms with Gasteiger partial charge in [0, 0.05) is 13.1 Å². The van der Waals surface area contributed by atoms with Gasteiger partial charge in [-0.3, -0.25) is 0 Å². The monoisotopic (exact) mass is 226 g/mol. The minimum atomic E-state index is 0.0465. The fourth-order valence-corrected chi connectivity index (χ4v) is 1.24. The Labute approximate surface area is 95.1 Å². The summed E-state index contributed by atoms with van der Waals surface area (Å²) in [7, 11) is 1.57. The molecule has 0 atom stereocenters. The second-order valence-corrected chi connectivity index (χ2v) is 3.18. The second kappa shape index (κ2) is 6.84. The number of nitrogens with one attached hydrogen (secondary N) is 2. The minimum Gasteiger partial charge on any atom is -0.490 e. The Morgan fingerprint density at radius 1 is 1.25 bits per heavy atom. The van der Waals surface area contributed by atoms with Crippen molar-refractivity contribution in [1.82, 2.24) is 9.97 Å². The van der Waals surface area contributed by atoms with Crippen molar-refractivity contribution in [3.63, 3.8) is 0 Å². The molecule has 6 heteroatoms. The summed E-state index contributed by atoms with van der Waals surface area (Å²) in [4.78, 5) is 8.16. The Kier molecular flexibility index (Phi) is 5.35. The van der Waals surface area contributed by atoms with Crippen LogP contribution in [0.1, 0.15) is 13.3 Å². The normalized spacial score (nSPS) is 9.94. The predicted molar refractivity (Wildman–Crippen MR) is 62.9 cm³/mol. The molecule has 6 nitrogen and oxygen atoms in total. The Morgan fingerprint density at radius 3 is 2.38 bits per heavy atom. The van der Waals surface area contributed by atoms with Gasteiger partial charge in [0.25, 0.3) is 0 Å². The number of nitrogens with zero attached hydrogens (tertiary/aromatic N) is 2. The molecule has 16 heavy (non-hydrogen) atoms. The third kappa shape index (κ3) is 3.23. The van der Waals surface area contributed by atoms with Crippen LogP contribution in [0.15, 0.2) is 6.33 Å². The molecular formula is C10H18N4O2. The quantitative estimate of drug-likeness (QED) is 0.635. The van der Waals surface area contributed by atoms with Gasteiger partial charge in [0.1, 0.15) is 6.33 Å². The van der Waals surface area contributed by atoms with Crippen molar-refractivity contribution in [2.75, 3.05) is 37.4 Å². The molecule has 1 aromatic heterocycles. The molecule has 0 radical (unpaired) electrons. The Bertz CT molecular complexity index is 293. The van der Waals surface area contributed by atoms with E-state index in [1.807, 2.05) is 0 Å². The average molecular weight is 226 g/mol. The van der Waals surface area contributed by atoms with Crippen molar-refractivity contribution in [3.8, 4) is 5.75 Å². The van der Waals surface area contributed by atoms with Crippen molar-refractivity contribution in [1.29, 1.82) is 0 Å². The number of hydrogen-bond donors (Lipinski definition) is 3. The maximum atomic E-state index is 8.74. The molecule has 0 amide bonds. The van der Waals surface area contributed by atoms with Gasteiger partial charge in [-0.05, 0) is 6.42 Å². The zero-order chi connectivity index (χ0) is 11.8. The number of anilines is 2. The van der Waals surface area contributed by atoms with E-state index in [2.05, 4.69) is 27.5 Å². The molecular weight excluding hydrogens is 208 g/mol. The summed E-state index contributed by atoms with van der Waals surface area (Å²) in [6, 6.07) is 0. The van der Waals surface area contributed by atoms with Gasteiger partial charge in [0.2, 0.25) is 5.75 Å². The van der Waals surface area contributed by atoms with Crippen LogP contribution in [-0.4, -0.2) is 41.9 Å². The summed E-state index contributed by atoms with van der Waals surface area (Å²) in [6.45, 7) is 3.38. The first-order valence-electron chi connectivity index (χ1n) is 5.31. The van der Waals surface area contributed by atoms with E-state index >= 15 is 0 Å². The number of hydrogen-bond acceptors (Lipinski definition) is 6. The number of ether oxygens (including phenoxy) is 1. The lowest BCUT2D eigenvalue weighted by molar-refractivity contribution is 0.310. The zero-order valence-electron chi connectivity index (χ0n) is 9.66. The first kappa shape index (κ1) is 12.5. The highest BCUT2D eigenvalue weighted by Gasteiger charge is 2.10. The summed E-state index contributed by atoms with van der Waals surface area (Å²) in [5, 5.41) is 14.9. The van der Waals surface area contributed by atoms with E-state index in [0.717, 1.165) is 13.0 Å². The lowest BCUT2D eigenvalue weighted by Crippen LogP contribution is -2.11. The standard InChI is InChI=1S/C10H18N4O2/c1-3-4-11-9-8(16-2)10(12-5-6-15)14-7-13-9/h7,15H,3-6H2,1-2H3,(H2,11,12,13,14). The summed E-state index contributed by atoms with van der Waals surface area (Å²) >= 11 is 0. The first-order valence-corrected chi connectivity index (χ1v) is 5.31. The lowest BCUT2D eigenvalue weighted by atomic mass is 10.4. The summed E-state index contributed by atoms with van der Waals surface area (Å²) in [6.07, 6.45) is 2.47. The van der Waals surface area contributed by atoms with Crippen molar-refractivity contribution in [2.45, 2.75) is 13.3 Å². The highest BCUT2D eigenvalue weighted by Crippen LogP contribution is 2.28. The number of aliphatic hydroxyl groups is 1. The Balaban J connectivity index is 2.82. The van der Waals surface area contributed by atoms with E-state index in [-0.39, 0.29) is 6.61 Å². The van der Waals surface area contributed by atoms with Gasteiger partial charge in [-0.15, -0.1) is 0 Å². The molecule has 3 N–H and O–H groups in total. The van der Waals surface area contributed by atoms with E-state index < -0.39 is 0 Å². The summed E-state index contributed by atoms with van der Waals surface area (Å²) < 4.78 is 5.24. The van der Waals surface area contributed by atoms with Gasteiger partial charge in [-0.2, -0.15) is 0 Å². The highest BCUT2D eigenvalue weighted by molar-refractivity contribution is 5.63. The van der Waals surface area contributed by atoms with Crippen LogP contribution in [0.25, 0.3) is 0 Å². The zero-order valence-corrected chi connectivity index (χ0v) is 9.66. The largest absolute Gasteiger partial charge is 0.490 e. The number of aliphatic hydroxyl groups excluding tert-OH is 1. The van der Waals surface area contributed by atoms with Crippen LogP contribution in [-0.2, 0) is 0 Å². The second-order valence-electron chi connectivity index (χ2n) is 3.18. The van der Waals surface area contributed by atoms with Crippen molar-refractivity contribution >= 4 is 11.6 Å². The Hall–Kier alpha value is -1.56. The molecule has 0 unspecified atom stereocenters. The SMILES string of the molecule is CCCNc1ncnc(NCCO)c1OC. The van der Waals surface area contributed by atoms with Crippen LogP contribution in [0.2, 0.25) is 0 Å². The number of aromatic nitrogens is 2. The molecule has 0 aliphatic carbocycles. The van der Waals surface area contributed by atoms with Crippen molar-refractivity contribution in [3.05, 3.63) is 6.33 Å². The highest BCUT2D eigenvalue weighted by atomic mass is 16.5. The van der Waals surface area contributed by atoms with Crippen LogP contribution in [0.5, 0.6) is 5.75 Å². The van der Waals surface area contributed by atoms with E-state index in [1.54, 1.807) is 7.11 Å². The van der Waals surface area contributed by atoms with Gasteiger partial charge in [-0.25, -0.2) is 9.97 Å². The molecule has 0 fully saturated rings. The van der Waals surface area contributed by atoms with Gasteiger partial charge in [-0.1, -0.05) is 6.92 Å². The third-order valence-corrected chi connectivity index (χ3v) is 1.95. The first-order chi connectivity index (χ1) is 7.83. The molecule has 1 heterocycles. The Morgan fingerprint density at radius 2 is 1.88 bits per heavy atom. The maximum Gasteiger partial charge on any atom is 0.204 e. The maximum absolute atomic E-state index is 8.74. The third-order valence-electron chi connectivity index (χ3n) is 1.95. The molecule has 0 bridgehead atoms. The molecule has 0 aliphatic heterocycles. The van der Waals surface area contributed by atoms with Crippen LogP contribution >= 0.6 is 0 Å². The van der Waals surface area contributed by atoms with Gasteiger partial charge < -0.3 is 20.5 Å².